The number of hydrogen-bond donors (Lipinski definition) is 0. The molecule has 0 unspecified atom stereocenters. The minimum absolute atomic E-state index is 0.315. The summed E-state index contributed by atoms with van der Waals surface area (Å²) in [6.07, 6.45) is 5.79. The smallest absolute Gasteiger partial charge is 0.253 e. The van der Waals surface area contributed by atoms with Gasteiger partial charge in [-0.25, -0.2) is 0 Å². The predicted molar refractivity (Wildman–Crippen MR) is 45.7 cm³/mol. The van der Waals surface area contributed by atoms with Crippen LogP contribution in [0.15, 0.2) is 6.07 Å². The Hall–Kier alpha value is -1.56. The maximum atomic E-state index is 11.1. The molecule has 0 atom stereocenters. The Kier molecular flexibility index (Phi) is 2.29. The molecular formula is C9H10N2O. The summed E-state index contributed by atoms with van der Waals surface area (Å²) in [7, 11) is 1.71. The average Bonchev–Trinajstić information content (AvgIpc) is 2.45. The first-order valence-electron chi connectivity index (χ1n) is 3.73. The van der Waals surface area contributed by atoms with Crippen molar-refractivity contribution < 1.29 is 4.79 Å². The normalized spacial score (nSPS) is 9.42. The fourth-order valence-corrected chi connectivity index (χ4v) is 0.986. The molecule has 1 aromatic heterocycles. The zero-order valence-electron chi connectivity index (χ0n) is 7.16. The molecule has 0 saturated carbocycles. The zero-order valence-corrected chi connectivity index (χ0v) is 7.16. The van der Waals surface area contributed by atoms with Crippen molar-refractivity contribution in [1.29, 1.82) is 0 Å². The van der Waals surface area contributed by atoms with E-state index in [1.807, 2.05) is 6.92 Å². The molecule has 0 bridgehead atoms. The SMILES string of the molecule is C#CC(=O)c1cc(CC)nn1C. The Bertz CT molecular complexity index is 344. The van der Waals surface area contributed by atoms with Crippen LogP contribution in [0.4, 0.5) is 0 Å². The van der Waals surface area contributed by atoms with E-state index in [-0.39, 0.29) is 5.78 Å². The van der Waals surface area contributed by atoms with Gasteiger partial charge in [0.2, 0.25) is 0 Å². The van der Waals surface area contributed by atoms with Crippen LogP contribution in [0.1, 0.15) is 23.1 Å². The van der Waals surface area contributed by atoms with E-state index in [4.69, 9.17) is 6.42 Å². The molecule has 0 aliphatic carbocycles. The molecule has 0 N–H and O–H groups in total. The van der Waals surface area contributed by atoms with Crippen LogP contribution in [-0.2, 0) is 13.5 Å². The number of hydrogen-bond acceptors (Lipinski definition) is 2. The highest BCUT2D eigenvalue weighted by molar-refractivity contribution is 6.07. The Morgan fingerprint density at radius 2 is 2.50 bits per heavy atom. The lowest BCUT2D eigenvalue weighted by Crippen LogP contribution is -2.03. The third-order valence-corrected chi connectivity index (χ3v) is 1.66. The highest BCUT2D eigenvalue weighted by atomic mass is 16.1. The van der Waals surface area contributed by atoms with Crippen molar-refractivity contribution in [2.75, 3.05) is 0 Å². The van der Waals surface area contributed by atoms with Crippen molar-refractivity contribution in [3.05, 3.63) is 17.5 Å². The van der Waals surface area contributed by atoms with Gasteiger partial charge in [-0.1, -0.05) is 6.92 Å². The van der Waals surface area contributed by atoms with E-state index in [9.17, 15) is 4.79 Å². The molecule has 1 heterocycles. The number of Topliss-reactive ketones (excluding diaryl/α,β-unsaturated/α-hetero) is 1. The van der Waals surface area contributed by atoms with Gasteiger partial charge in [-0.2, -0.15) is 5.10 Å². The molecule has 0 radical (unpaired) electrons. The van der Waals surface area contributed by atoms with Crippen LogP contribution in [0.2, 0.25) is 0 Å². The summed E-state index contributed by atoms with van der Waals surface area (Å²) in [5, 5.41) is 4.10. The van der Waals surface area contributed by atoms with Crippen molar-refractivity contribution in [2.24, 2.45) is 7.05 Å². The van der Waals surface area contributed by atoms with Gasteiger partial charge in [-0.3, -0.25) is 9.48 Å². The van der Waals surface area contributed by atoms with Crippen molar-refractivity contribution in [3.8, 4) is 12.3 Å². The number of rotatable bonds is 2. The van der Waals surface area contributed by atoms with Gasteiger partial charge in [0.15, 0.2) is 0 Å². The molecule has 0 saturated heterocycles. The van der Waals surface area contributed by atoms with Gasteiger partial charge in [0.05, 0.1) is 5.69 Å². The van der Waals surface area contributed by atoms with Crippen molar-refractivity contribution in [1.82, 2.24) is 9.78 Å². The molecule has 0 aliphatic heterocycles. The van der Waals surface area contributed by atoms with E-state index in [0.29, 0.717) is 5.69 Å². The van der Waals surface area contributed by atoms with E-state index >= 15 is 0 Å². The highest BCUT2D eigenvalue weighted by Crippen LogP contribution is 2.03. The van der Waals surface area contributed by atoms with Crippen LogP contribution in [0.25, 0.3) is 0 Å². The first-order valence-corrected chi connectivity index (χ1v) is 3.73. The van der Waals surface area contributed by atoms with Crippen molar-refractivity contribution in [3.63, 3.8) is 0 Å². The molecule has 62 valence electrons. The van der Waals surface area contributed by atoms with E-state index in [1.54, 1.807) is 13.1 Å². The molecule has 1 rings (SSSR count). The standard InChI is InChI=1S/C9H10N2O/c1-4-7-6-8(9(12)5-2)11(3)10-7/h2,6H,4H2,1,3H3. The fourth-order valence-electron chi connectivity index (χ4n) is 0.986. The number of aryl methyl sites for hydroxylation is 2. The fraction of sp³-hybridized carbons (Fsp3) is 0.333. The highest BCUT2D eigenvalue weighted by Gasteiger charge is 2.09. The second kappa shape index (κ2) is 3.22. The molecule has 0 spiro atoms. The van der Waals surface area contributed by atoms with Gasteiger partial charge in [-0.05, 0) is 18.4 Å². The largest absolute Gasteiger partial charge is 0.277 e. The van der Waals surface area contributed by atoms with E-state index in [0.717, 1.165) is 12.1 Å². The van der Waals surface area contributed by atoms with E-state index in [1.165, 1.54) is 4.68 Å². The molecule has 1 aromatic rings. The minimum Gasteiger partial charge on any atom is -0.277 e. The van der Waals surface area contributed by atoms with Gasteiger partial charge in [-0.15, -0.1) is 6.42 Å². The second-order valence-corrected chi connectivity index (χ2v) is 2.47. The van der Waals surface area contributed by atoms with E-state index in [2.05, 4.69) is 11.0 Å². The zero-order chi connectivity index (χ0) is 9.14. The number of aromatic nitrogens is 2. The number of carbonyl (C=O) groups is 1. The van der Waals surface area contributed by atoms with Crippen LogP contribution in [0, 0.1) is 12.3 Å². The van der Waals surface area contributed by atoms with Gasteiger partial charge in [0.25, 0.3) is 5.78 Å². The topological polar surface area (TPSA) is 34.9 Å². The van der Waals surface area contributed by atoms with Crippen LogP contribution in [0.5, 0.6) is 0 Å². The summed E-state index contributed by atoms with van der Waals surface area (Å²) in [5.74, 6) is 1.74. The average molecular weight is 162 g/mol. The maximum absolute atomic E-state index is 11.1. The number of carbonyl (C=O) groups excluding carboxylic acids is 1. The number of nitrogens with zero attached hydrogens (tertiary/aromatic N) is 2. The molecular weight excluding hydrogens is 152 g/mol. The Morgan fingerprint density at radius 3 is 2.92 bits per heavy atom. The monoisotopic (exact) mass is 162 g/mol. The Labute approximate surface area is 71.4 Å². The summed E-state index contributed by atoms with van der Waals surface area (Å²) >= 11 is 0. The number of ketones is 1. The van der Waals surface area contributed by atoms with Gasteiger partial charge in [0.1, 0.15) is 5.69 Å². The molecule has 0 aliphatic rings. The molecule has 0 amide bonds. The van der Waals surface area contributed by atoms with Crippen LogP contribution >= 0.6 is 0 Å². The van der Waals surface area contributed by atoms with Gasteiger partial charge >= 0.3 is 0 Å². The Balaban J connectivity index is 3.10. The third kappa shape index (κ3) is 1.37. The summed E-state index contributed by atoms with van der Waals surface area (Å²) in [5.41, 5.74) is 1.37. The maximum Gasteiger partial charge on any atom is 0.253 e. The summed E-state index contributed by atoms with van der Waals surface area (Å²) in [6, 6.07) is 1.72. The Morgan fingerprint density at radius 1 is 1.83 bits per heavy atom. The van der Waals surface area contributed by atoms with E-state index < -0.39 is 0 Å². The molecule has 0 aromatic carbocycles. The summed E-state index contributed by atoms with van der Waals surface area (Å²) in [4.78, 5) is 11.1. The van der Waals surface area contributed by atoms with Crippen LogP contribution < -0.4 is 0 Å². The quantitative estimate of drug-likeness (QED) is 0.366. The summed E-state index contributed by atoms with van der Waals surface area (Å²) < 4.78 is 1.51. The van der Waals surface area contributed by atoms with Crippen LogP contribution in [0.3, 0.4) is 0 Å². The molecule has 12 heavy (non-hydrogen) atoms. The van der Waals surface area contributed by atoms with Gasteiger partial charge in [0, 0.05) is 7.05 Å². The minimum atomic E-state index is -0.315. The summed E-state index contributed by atoms with van der Waals surface area (Å²) in [6.45, 7) is 1.98. The molecule has 3 heteroatoms. The second-order valence-electron chi connectivity index (χ2n) is 2.47. The van der Waals surface area contributed by atoms with Crippen molar-refractivity contribution >= 4 is 5.78 Å². The first kappa shape index (κ1) is 8.54. The molecule has 3 nitrogen and oxygen atoms in total. The third-order valence-electron chi connectivity index (χ3n) is 1.66. The lowest BCUT2D eigenvalue weighted by atomic mass is 10.2. The first-order chi connectivity index (χ1) is 5.69. The predicted octanol–water partition coefficient (Wildman–Crippen LogP) is 0.798. The van der Waals surface area contributed by atoms with Crippen molar-refractivity contribution in [2.45, 2.75) is 13.3 Å². The lowest BCUT2D eigenvalue weighted by Gasteiger charge is -1.91. The lowest BCUT2D eigenvalue weighted by molar-refractivity contribution is 0.104. The number of terminal acetylenes is 1. The molecule has 0 fully saturated rings. The van der Waals surface area contributed by atoms with Gasteiger partial charge < -0.3 is 0 Å². The van der Waals surface area contributed by atoms with Crippen LogP contribution in [-0.4, -0.2) is 15.6 Å².